The second kappa shape index (κ2) is 13.9. The van der Waals surface area contributed by atoms with Crippen LogP contribution in [0.2, 0.25) is 13.1 Å². The van der Waals surface area contributed by atoms with Crippen LogP contribution in [0.25, 0.3) is 11.1 Å². The first-order valence-corrected chi connectivity index (χ1v) is 23.1. The molecular formula is C31H46NSiZr. The molecule has 0 aromatic heterocycles. The Hall–Kier alpha value is -1.02. The molecule has 2 aliphatic carbocycles. The van der Waals surface area contributed by atoms with Gasteiger partial charge in [0, 0.05) is 0 Å². The third-order valence-electron chi connectivity index (χ3n) is 7.85. The largest absolute Gasteiger partial charge is 0.0622 e. The summed E-state index contributed by atoms with van der Waals surface area (Å²) in [5.41, 5.74) is 7.49. The van der Waals surface area contributed by atoms with Crippen LogP contribution in [0.15, 0.2) is 80.7 Å². The summed E-state index contributed by atoms with van der Waals surface area (Å²) in [4.78, 5) is 0. The summed E-state index contributed by atoms with van der Waals surface area (Å²) in [6.45, 7) is 14.8. The predicted molar refractivity (Wildman–Crippen MR) is 150 cm³/mol. The van der Waals surface area contributed by atoms with Gasteiger partial charge in [-0.3, -0.25) is 0 Å². The Balaban J connectivity index is 0.000000226. The van der Waals surface area contributed by atoms with E-state index in [-0.39, 0.29) is 0 Å². The summed E-state index contributed by atoms with van der Waals surface area (Å²) in [5.74, 6) is 0.175. The maximum absolute atomic E-state index is 4.34. The van der Waals surface area contributed by atoms with Crippen molar-refractivity contribution in [3.05, 3.63) is 80.7 Å². The molecular weight excluding hydrogens is 506 g/mol. The van der Waals surface area contributed by atoms with Gasteiger partial charge in [0.25, 0.3) is 0 Å². The molecule has 34 heavy (non-hydrogen) atoms. The van der Waals surface area contributed by atoms with Crippen LogP contribution in [-0.4, -0.2) is 12.0 Å². The van der Waals surface area contributed by atoms with Gasteiger partial charge in [-0.25, -0.2) is 0 Å². The van der Waals surface area contributed by atoms with E-state index in [4.69, 9.17) is 0 Å². The van der Waals surface area contributed by atoms with Crippen molar-refractivity contribution in [1.82, 2.24) is 3.26 Å². The number of allylic oxidation sites excluding steroid dienone is 4. The Labute approximate surface area is 218 Å². The monoisotopic (exact) mass is 550 g/mol. The zero-order valence-electron chi connectivity index (χ0n) is 22.5. The molecule has 1 saturated carbocycles. The van der Waals surface area contributed by atoms with Crippen LogP contribution in [0.4, 0.5) is 0 Å². The van der Waals surface area contributed by atoms with Gasteiger partial charge in [0.15, 0.2) is 0 Å². The van der Waals surface area contributed by atoms with Crippen LogP contribution < -0.4 is 3.26 Å². The third-order valence-corrected chi connectivity index (χ3v) is 25.5. The molecule has 0 aliphatic heterocycles. The molecule has 0 radical (unpaired) electrons. The molecule has 0 saturated heterocycles. The van der Waals surface area contributed by atoms with Crippen molar-refractivity contribution in [2.75, 3.05) is 0 Å². The van der Waals surface area contributed by atoms with Crippen LogP contribution in [0, 0.1) is 5.92 Å². The first kappa shape index (κ1) is 27.6. The first-order chi connectivity index (χ1) is 16.4. The number of benzene rings is 2. The predicted octanol–water partition coefficient (Wildman–Crippen LogP) is 8.82. The van der Waals surface area contributed by atoms with E-state index in [1.54, 1.807) is 16.7 Å². The van der Waals surface area contributed by atoms with E-state index in [2.05, 4.69) is 92.6 Å². The molecule has 1 nitrogen and oxygen atoms in total. The summed E-state index contributed by atoms with van der Waals surface area (Å²) in [5, 5.41) is 0. The van der Waals surface area contributed by atoms with E-state index < -0.39 is 27.1 Å². The van der Waals surface area contributed by atoms with E-state index in [1.165, 1.54) is 56.1 Å². The average Bonchev–Trinajstić information content (AvgIpc) is 3.02. The summed E-state index contributed by atoms with van der Waals surface area (Å²) in [6.07, 6.45) is 10.2. The Morgan fingerprint density at radius 2 is 1.18 bits per heavy atom. The first-order valence-electron chi connectivity index (χ1n) is 13.5. The molecule has 1 unspecified atom stereocenters. The van der Waals surface area contributed by atoms with Crippen molar-refractivity contribution in [2.45, 2.75) is 91.8 Å². The summed E-state index contributed by atoms with van der Waals surface area (Å²) >= 11 is -1.61. The van der Waals surface area contributed by atoms with E-state index in [1.807, 2.05) is 15.4 Å². The van der Waals surface area contributed by atoms with Crippen molar-refractivity contribution in [1.29, 1.82) is 0 Å². The molecule has 0 spiro atoms. The molecule has 2 aliphatic rings. The Morgan fingerprint density at radius 3 is 1.59 bits per heavy atom. The van der Waals surface area contributed by atoms with Gasteiger partial charge >= 0.3 is 148 Å². The second-order valence-corrected chi connectivity index (χ2v) is 28.9. The van der Waals surface area contributed by atoms with Gasteiger partial charge < -0.3 is 0 Å². The Kier molecular flexibility index (Phi) is 11.3. The smallest absolute Gasteiger partial charge is 0.0184 e. The molecule has 3 heteroatoms. The van der Waals surface area contributed by atoms with Crippen LogP contribution in [0.5, 0.6) is 0 Å². The summed E-state index contributed by atoms with van der Waals surface area (Å²) in [6, 6.07) is 21.6. The van der Waals surface area contributed by atoms with E-state index in [0.717, 1.165) is 12.0 Å². The van der Waals surface area contributed by atoms with Crippen molar-refractivity contribution in [3.8, 4) is 11.1 Å². The average molecular weight is 552 g/mol. The molecule has 1 fully saturated rings. The van der Waals surface area contributed by atoms with E-state index >= 15 is 0 Å². The van der Waals surface area contributed by atoms with Gasteiger partial charge in [-0.2, -0.15) is 0 Å². The van der Waals surface area contributed by atoms with Crippen molar-refractivity contribution in [3.63, 3.8) is 0 Å². The van der Waals surface area contributed by atoms with Crippen molar-refractivity contribution < 1.29 is 21.2 Å². The SMILES string of the molecule is CC1=C(C)C(C)[C]([Zr]([NH]C2CCCCCCC2)[SiH](C)C)=C1C.c1ccc(-c2ccccc2)cc1. The normalized spacial score (nSPS) is 19.6. The van der Waals surface area contributed by atoms with Gasteiger partial charge in [-0.05, 0) is 11.1 Å². The fourth-order valence-corrected chi connectivity index (χ4v) is 22.9. The summed E-state index contributed by atoms with van der Waals surface area (Å²) in [7, 11) is 0. The molecule has 183 valence electrons. The molecule has 1 atom stereocenters. The zero-order chi connectivity index (χ0) is 24.5. The van der Waals surface area contributed by atoms with E-state index in [0.29, 0.717) is 0 Å². The number of hydrogen-bond donors (Lipinski definition) is 1. The zero-order valence-corrected chi connectivity index (χ0v) is 26.1. The standard InChI is InChI=1S/C12H10.C9H13.C8H16N.C2H7Si.Zr/c1-3-7-11(8-4-1)12-9-5-2-6-10-12;1-6-5-7(2)9(4)8(6)3;9-8-6-4-2-1-3-5-7-8;1-3-2;/h1-10H;6H,1-4H3;8-9H,1-7H2;3H,1-2H3;/q;;-1;;+1. The number of rotatable bonds is 5. The third kappa shape index (κ3) is 7.49. The molecule has 0 heterocycles. The maximum atomic E-state index is 4.34. The minimum atomic E-state index is -1.61. The van der Waals surface area contributed by atoms with Gasteiger partial charge in [0.1, 0.15) is 0 Å². The van der Waals surface area contributed by atoms with Gasteiger partial charge in [-0.1, -0.05) is 60.7 Å². The van der Waals surface area contributed by atoms with Gasteiger partial charge in [-0.15, -0.1) is 0 Å². The quantitative estimate of drug-likeness (QED) is 0.366. The van der Waals surface area contributed by atoms with E-state index in [9.17, 15) is 0 Å². The fraction of sp³-hybridized carbons (Fsp3) is 0.484. The van der Waals surface area contributed by atoms with Crippen LogP contribution in [0.3, 0.4) is 0 Å². The molecule has 0 amide bonds. The molecule has 1 N–H and O–H groups in total. The Bertz CT molecular complexity index is 902. The van der Waals surface area contributed by atoms with Crippen LogP contribution in [-0.2, 0) is 21.2 Å². The van der Waals surface area contributed by atoms with Crippen LogP contribution >= 0.6 is 0 Å². The van der Waals surface area contributed by atoms with Crippen molar-refractivity contribution in [2.24, 2.45) is 5.92 Å². The summed E-state index contributed by atoms with van der Waals surface area (Å²) < 4.78 is 6.27. The minimum absolute atomic E-state index is 0.566. The molecule has 4 rings (SSSR count). The number of nitrogens with one attached hydrogen (secondary N) is 1. The second-order valence-electron chi connectivity index (χ2n) is 10.6. The molecule has 2 aromatic carbocycles. The fourth-order valence-electron chi connectivity index (χ4n) is 5.44. The maximum Gasteiger partial charge on any atom is -0.0184 e. The molecule has 0 bridgehead atoms. The molecule has 2 aromatic rings. The van der Waals surface area contributed by atoms with Crippen molar-refractivity contribution >= 4 is 5.92 Å². The van der Waals surface area contributed by atoms with Crippen LogP contribution in [0.1, 0.15) is 72.6 Å². The van der Waals surface area contributed by atoms with Gasteiger partial charge in [0.05, 0.1) is 0 Å². The Morgan fingerprint density at radius 1 is 0.706 bits per heavy atom. The van der Waals surface area contributed by atoms with Gasteiger partial charge in [0.2, 0.25) is 0 Å². The minimum Gasteiger partial charge on any atom is -0.0622 e. The number of hydrogen-bond acceptors (Lipinski definition) is 1. The topological polar surface area (TPSA) is 12.0 Å².